The smallest absolute Gasteiger partial charge is 0.0726 e. The molecule has 2 aromatic rings. The van der Waals surface area contributed by atoms with Crippen molar-refractivity contribution < 1.29 is 26.2 Å². The second kappa shape index (κ2) is 9.70. The minimum Gasteiger partial charge on any atom is -0.267 e. The molecule has 154 valence electrons. The Morgan fingerprint density at radius 3 is 2.00 bits per heavy atom. The van der Waals surface area contributed by atoms with Crippen LogP contribution in [0.15, 0.2) is 77.5 Å². The van der Waals surface area contributed by atoms with Gasteiger partial charge in [0.2, 0.25) is 0 Å². The van der Waals surface area contributed by atoms with Crippen molar-refractivity contribution in [2.24, 2.45) is 0 Å². The molecule has 0 bridgehead atoms. The fourth-order valence-corrected chi connectivity index (χ4v) is 8.86. The Morgan fingerprint density at radius 2 is 1.43 bits per heavy atom. The van der Waals surface area contributed by atoms with E-state index in [4.69, 9.17) is 0 Å². The van der Waals surface area contributed by atoms with Gasteiger partial charge in [-0.05, 0) is 35.1 Å². The third kappa shape index (κ3) is 3.97. The van der Waals surface area contributed by atoms with E-state index in [0.29, 0.717) is 0 Å². The van der Waals surface area contributed by atoms with Crippen LogP contribution >= 0.6 is 24.8 Å². The molecule has 3 aliphatic rings. The molecule has 0 radical (unpaired) electrons. The summed E-state index contributed by atoms with van der Waals surface area (Å²) >= 11 is 0. The van der Waals surface area contributed by atoms with E-state index in [1.807, 2.05) is 0 Å². The number of fused-ring (bicyclic) bond motifs is 2. The molecule has 0 nitrogen and oxygen atoms in total. The summed E-state index contributed by atoms with van der Waals surface area (Å²) in [4.78, 5) is 0. The molecule has 0 amide bonds. The maximum atomic E-state index is 3.89. The molecular formula is C26H27Cl2SiZr-. The van der Waals surface area contributed by atoms with Gasteiger partial charge in [0.25, 0.3) is 0 Å². The molecule has 30 heavy (non-hydrogen) atoms. The predicted molar refractivity (Wildman–Crippen MR) is 132 cm³/mol. The number of rotatable bonds is 3. The zero-order valence-corrected chi connectivity index (χ0v) is 22.5. The van der Waals surface area contributed by atoms with Crippen molar-refractivity contribution in [2.75, 3.05) is 0 Å². The van der Waals surface area contributed by atoms with Crippen LogP contribution < -0.4 is 0 Å². The monoisotopic (exact) mass is 527 g/mol. The van der Waals surface area contributed by atoms with E-state index in [9.17, 15) is 0 Å². The van der Waals surface area contributed by atoms with E-state index in [-0.39, 0.29) is 56.1 Å². The third-order valence-electron chi connectivity index (χ3n) is 6.94. The van der Waals surface area contributed by atoms with E-state index in [1.165, 1.54) is 22.3 Å². The Bertz CT molecular complexity index is 1050. The fraction of sp³-hybridized carbons (Fsp3) is 0.231. The standard InChI is InChI=1S/C26H25Si.2ClH.Zr/c1-27(2,25-18-22-12-6-7-13-23(22)19-25)26(14-8-3-9-15-26)24-16-20-10-4-5-11-21(20)17-24;;;/h3-13,16,18H,14,17,19H2,1-2H3;2*1H;/q-1;;;. The van der Waals surface area contributed by atoms with Crippen LogP contribution in [0.2, 0.25) is 18.1 Å². The zero-order valence-electron chi connectivity index (χ0n) is 17.4. The summed E-state index contributed by atoms with van der Waals surface area (Å²) in [6.07, 6.45) is 18.8. The van der Waals surface area contributed by atoms with E-state index >= 15 is 0 Å². The maximum Gasteiger partial charge on any atom is 0.0726 e. The molecule has 0 N–H and O–H groups in total. The summed E-state index contributed by atoms with van der Waals surface area (Å²) in [5.41, 5.74) is 7.34. The number of hydrogen-bond acceptors (Lipinski definition) is 0. The van der Waals surface area contributed by atoms with E-state index in [2.05, 4.69) is 98.1 Å². The Kier molecular flexibility index (Phi) is 8.19. The fourth-order valence-electron chi connectivity index (χ4n) is 5.13. The summed E-state index contributed by atoms with van der Waals surface area (Å²) in [7, 11) is -1.82. The van der Waals surface area contributed by atoms with Gasteiger partial charge in [0.05, 0.1) is 8.07 Å². The van der Waals surface area contributed by atoms with Gasteiger partial charge in [0, 0.05) is 26.2 Å². The summed E-state index contributed by atoms with van der Waals surface area (Å²) in [6, 6.07) is 17.8. The first kappa shape index (κ1) is 25.3. The van der Waals surface area contributed by atoms with Crippen molar-refractivity contribution in [3.8, 4) is 0 Å². The number of halogens is 2. The van der Waals surface area contributed by atoms with Gasteiger partial charge in [0.15, 0.2) is 0 Å². The van der Waals surface area contributed by atoms with Gasteiger partial charge in [-0.2, -0.15) is 6.08 Å². The summed E-state index contributed by atoms with van der Waals surface area (Å²) < 4.78 is 0. The Labute approximate surface area is 213 Å². The van der Waals surface area contributed by atoms with Crippen LogP contribution in [0.25, 0.3) is 12.2 Å². The largest absolute Gasteiger partial charge is 0.267 e. The van der Waals surface area contributed by atoms with E-state index in [0.717, 1.165) is 19.3 Å². The van der Waals surface area contributed by atoms with Crippen molar-refractivity contribution in [2.45, 2.75) is 37.4 Å². The predicted octanol–water partition coefficient (Wildman–Crippen LogP) is 7.41. The van der Waals surface area contributed by atoms with Crippen molar-refractivity contribution >= 4 is 45.0 Å². The van der Waals surface area contributed by atoms with Gasteiger partial charge in [-0.25, -0.2) is 12.2 Å². The Morgan fingerprint density at radius 1 is 0.833 bits per heavy atom. The molecule has 2 aromatic carbocycles. The van der Waals surface area contributed by atoms with Gasteiger partial charge in [-0.3, -0.25) is 6.08 Å². The minimum atomic E-state index is -1.82. The summed E-state index contributed by atoms with van der Waals surface area (Å²) in [5, 5.41) is 1.71. The van der Waals surface area contributed by atoms with Crippen molar-refractivity contribution in [3.05, 3.63) is 106 Å². The Balaban J connectivity index is 0.00000107. The second-order valence-corrected chi connectivity index (χ2v) is 13.3. The van der Waals surface area contributed by atoms with Crippen LogP contribution in [-0.2, 0) is 39.0 Å². The molecule has 0 heterocycles. The van der Waals surface area contributed by atoms with Gasteiger partial charge >= 0.3 is 0 Å². The van der Waals surface area contributed by atoms with Crippen molar-refractivity contribution in [1.29, 1.82) is 0 Å². The molecule has 3 aliphatic carbocycles. The van der Waals surface area contributed by atoms with Gasteiger partial charge < -0.3 is 0 Å². The van der Waals surface area contributed by atoms with Crippen LogP contribution in [0.1, 0.15) is 28.7 Å². The minimum absolute atomic E-state index is 0. The van der Waals surface area contributed by atoms with Crippen molar-refractivity contribution in [1.82, 2.24) is 0 Å². The molecule has 1 unspecified atom stereocenters. The molecule has 0 fully saturated rings. The van der Waals surface area contributed by atoms with Gasteiger partial charge in [0.1, 0.15) is 0 Å². The number of hydrogen-bond donors (Lipinski definition) is 0. The molecule has 4 heteroatoms. The number of benzene rings is 2. The van der Waals surface area contributed by atoms with Crippen LogP contribution in [0.3, 0.4) is 0 Å². The molecule has 0 aromatic heterocycles. The average Bonchev–Trinajstić information content (AvgIpc) is 3.33. The number of allylic oxidation sites excluding steroid dienone is 6. The third-order valence-corrected chi connectivity index (χ3v) is 11.7. The van der Waals surface area contributed by atoms with Crippen molar-refractivity contribution in [3.63, 3.8) is 0 Å². The van der Waals surface area contributed by atoms with Gasteiger partial charge in [-0.1, -0.05) is 96.0 Å². The molecule has 0 aliphatic heterocycles. The first-order chi connectivity index (χ1) is 13.1. The average molecular weight is 530 g/mol. The van der Waals surface area contributed by atoms with Gasteiger partial charge in [-0.15, -0.1) is 24.8 Å². The Hall–Kier alpha value is -0.920. The van der Waals surface area contributed by atoms with Crippen LogP contribution in [-0.4, -0.2) is 8.07 Å². The second-order valence-electron chi connectivity index (χ2n) is 8.56. The molecule has 0 saturated heterocycles. The van der Waals surface area contributed by atoms with Crippen LogP contribution in [0.4, 0.5) is 0 Å². The molecule has 0 spiro atoms. The summed E-state index contributed by atoms with van der Waals surface area (Å²) in [6.45, 7) is 5.13. The van der Waals surface area contributed by atoms with E-state index in [1.54, 1.807) is 10.8 Å². The first-order valence-corrected chi connectivity index (χ1v) is 12.9. The molecule has 0 saturated carbocycles. The quantitative estimate of drug-likeness (QED) is 0.287. The molecule has 5 rings (SSSR count). The maximum absolute atomic E-state index is 3.89. The van der Waals surface area contributed by atoms with Crippen LogP contribution in [0, 0.1) is 6.08 Å². The molecular weight excluding hydrogens is 503 g/mol. The molecule has 1 atom stereocenters. The summed E-state index contributed by atoms with van der Waals surface area (Å²) in [5.74, 6) is 0. The topological polar surface area (TPSA) is 0 Å². The first-order valence-electron chi connectivity index (χ1n) is 9.94. The van der Waals surface area contributed by atoms with E-state index < -0.39 is 8.07 Å². The van der Waals surface area contributed by atoms with Crippen LogP contribution in [0.5, 0.6) is 0 Å². The zero-order chi connectivity index (χ0) is 18.5. The SMILES string of the molecule is C[Si](C)(C1=Cc2ccccc2C1)C1(C2=Cc3ccccc3C2)[C-]=CC=CC1.Cl.Cl.[Zr]. The normalized spacial score (nSPS) is 20.7.